The second kappa shape index (κ2) is 5.10. The second-order valence-electron chi connectivity index (χ2n) is 5.32. The van der Waals surface area contributed by atoms with Gasteiger partial charge in [-0.05, 0) is 31.5 Å². The lowest BCUT2D eigenvalue weighted by Gasteiger charge is -2.14. The van der Waals surface area contributed by atoms with Gasteiger partial charge in [-0.2, -0.15) is 0 Å². The molecule has 3 aromatic rings. The van der Waals surface area contributed by atoms with E-state index in [0.717, 1.165) is 16.6 Å². The Morgan fingerprint density at radius 2 is 1.80 bits per heavy atom. The number of aliphatic hydroxyl groups excluding tert-OH is 1. The largest absolute Gasteiger partial charge is 0.387 e. The molecule has 1 unspecified atom stereocenters. The van der Waals surface area contributed by atoms with Crippen molar-refractivity contribution in [3.63, 3.8) is 0 Å². The van der Waals surface area contributed by atoms with E-state index >= 15 is 0 Å². The van der Waals surface area contributed by atoms with Gasteiger partial charge in [0.05, 0.1) is 30.0 Å². The van der Waals surface area contributed by atoms with E-state index in [1.165, 1.54) is 11.1 Å². The van der Waals surface area contributed by atoms with Crippen LogP contribution in [0.5, 0.6) is 0 Å². The number of nitrogens with zero attached hydrogens (tertiary/aromatic N) is 2. The SMILES string of the molecule is Cc1cc(C)cc(C(O)Cn2cnc3ccccc32)c1. The number of fused-ring (bicyclic) bond motifs is 1. The molecule has 20 heavy (non-hydrogen) atoms. The monoisotopic (exact) mass is 266 g/mol. The third-order valence-electron chi connectivity index (χ3n) is 3.53. The molecule has 1 N–H and O–H groups in total. The maximum atomic E-state index is 10.5. The lowest BCUT2D eigenvalue weighted by atomic mass is 10.0. The van der Waals surface area contributed by atoms with Gasteiger partial charge in [0.1, 0.15) is 0 Å². The molecular formula is C17H18N2O. The quantitative estimate of drug-likeness (QED) is 0.789. The highest BCUT2D eigenvalue weighted by Crippen LogP contribution is 2.21. The number of benzene rings is 2. The van der Waals surface area contributed by atoms with Crippen LogP contribution in [0.25, 0.3) is 11.0 Å². The molecule has 1 aromatic heterocycles. The summed E-state index contributed by atoms with van der Waals surface area (Å²) in [5, 5.41) is 10.5. The summed E-state index contributed by atoms with van der Waals surface area (Å²) in [7, 11) is 0. The highest BCUT2D eigenvalue weighted by Gasteiger charge is 2.11. The van der Waals surface area contributed by atoms with Crippen molar-refractivity contribution in [2.24, 2.45) is 0 Å². The first-order valence-corrected chi connectivity index (χ1v) is 6.79. The number of para-hydroxylation sites is 2. The zero-order valence-electron chi connectivity index (χ0n) is 11.7. The van der Waals surface area contributed by atoms with Gasteiger partial charge in [0.25, 0.3) is 0 Å². The van der Waals surface area contributed by atoms with Crippen molar-refractivity contribution in [2.45, 2.75) is 26.5 Å². The molecule has 0 fully saturated rings. The van der Waals surface area contributed by atoms with Crippen LogP contribution in [0.3, 0.4) is 0 Å². The van der Waals surface area contributed by atoms with Crippen molar-refractivity contribution in [1.29, 1.82) is 0 Å². The Labute approximate surface area is 118 Å². The topological polar surface area (TPSA) is 38.0 Å². The average molecular weight is 266 g/mol. The van der Waals surface area contributed by atoms with Gasteiger partial charge in [0, 0.05) is 0 Å². The number of aromatic nitrogens is 2. The normalized spacial score (nSPS) is 12.8. The van der Waals surface area contributed by atoms with Gasteiger partial charge in [0.2, 0.25) is 0 Å². The summed E-state index contributed by atoms with van der Waals surface area (Å²) >= 11 is 0. The van der Waals surface area contributed by atoms with E-state index < -0.39 is 6.10 Å². The van der Waals surface area contributed by atoms with Crippen molar-refractivity contribution in [3.8, 4) is 0 Å². The van der Waals surface area contributed by atoms with Gasteiger partial charge >= 0.3 is 0 Å². The third-order valence-corrected chi connectivity index (χ3v) is 3.53. The highest BCUT2D eigenvalue weighted by atomic mass is 16.3. The summed E-state index contributed by atoms with van der Waals surface area (Å²) in [6, 6.07) is 14.2. The molecule has 0 aliphatic heterocycles. The first kappa shape index (κ1) is 12.9. The summed E-state index contributed by atoms with van der Waals surface area (Å²) in [5.74, 6) is 0. The molecule has 0 saturated heterocycles. The van der Waals surface area contributed by atoms with Crippen LogP contribution in [0.2, 0.25) is 0 Å². The van der Waals surface area contributed by atoms with E-state index in [2.05, 4.69) is 24.9 Å². The van der Waals surface area contributed by atoms with Crippen molar-refractivity contribution < 1.29 is 5.11 Å². The summed E-state index contributed by atoms with van der Waals surface area (Å²) < 4.78 is 2.00. The van der Waals surface area contributed by atoms with E-state index in [0.29, 0.717) is 6.54 Å². The van der Waals surface area contributed by atoms with Crippen molar-refractivity contribution in [3.05, 3.63) is 65.5 Å². The molecule has 3 heteroatoms. The Kier molecular flexibility index (Phi) is 3.28. The van der Waals surface area contributed by atoms with E-state index in [1.807, 2.05) is 41.0 Å². The van der Waals surface area contributed by atoms with E-state index in [9.17, 15) is 5.11 Å². The van der Waals surface area contributed by atoms with Crippen LogP contribution in [0.1, 0.15) is 22.8 Å². The van der Waals surface area contributed by atoms with Gasteiger partial charge in [-0.3, -0.25) is 0 Å². The van der Waals surface area contributed by atoms with Crippen LogP contribution in [-0.2, 0) is 6.54 Å². The zero-order valence-corrected chi connectivity index (χ0v) is 11.7. The van der Waals surface area contributed by atoms with Gasteiger partial charge < -0.3 is 9.67 Å². The molecule has 3 rings (SSSR count). The van der Waals surface area contributed by atoms with Crippen molar-refractivity contribution in [2.75, 3.05) is 0 Å². The van der Waals surface area contributed by atoms with Crippen molar-refractivity contribution >= 4 is 11.0 Å². The van der Waals surface area contributed by atoms with E-state index in [4.69, 9.17) is 0 Å². The minimum Gasteiger partial charge on any atom is -0.387 e. The molecule has 1 heterocycles. The Morgan fingerprint density at radius 3 is 2.55 bits per heavy atom. The fourth-order valence-corrected chi connectivity index (χ4v) is 2.65. The number of rotatable bonds is 3. The Hall–Kier alpha value is -2.13. The number of imidazole rings is 1. The molecule has 0 aliphatic carbocycles. The maximum absolute atomic E-state index is 10.5. The molecule has 0 radical (unpaired) electrons. The summed E-state index contributed by atoms with van der Waals surface area (Å²) in [4.78, 5) is 4.35. The number of hydrogen-bond acceptors (Lipinski definition) is 2. The summed E-state index contributed by atoms with van der Waals surface area (Å²) in [6.07, 6.45) is 1.27. The van der Waals surface area contributed by atoms with E-state index in [-0.39, 0.29) is 0 Å². The fourth-order valence-electron chi connectivity index (χ4n) is 2.65. The fraction of sp³-hybridized carbons (Fsp3) is 0.235. The molecule has 0 saturated carbocycles. The Balaban J connectivity index is 1.90. The van der Waals surface area contributed by atoms with Crippen LogP contribution in [0.4, 0.5) is 0 Å². The molecular weight excluding hydrogens is 248 g/mol. The molecule has 102 valence electrons. The first-order valence-electron chi connectivity index (χ1n) is 6.79. The van der Waals surface area contributed by atoms with Crippen LogP contribution in [-0.4, -0.2) is 14.7 Å². The molecule has 0 spiro atoms. The molecule has 0 aliphatic rings. The van der Waals surface area contributed by atoms with Crippen LogP contribution >= 0.6 is 0 Å². The number of aliphatic hydroxyl groups is 1. The first-order chi connectivity index (χ1) is 9.63. The predicted molar refractivity (Wildman–Crippen MR) is 80.6 cm³/mol. The number of hydrogen-bond donors (Lipinski definition) is 1. The number of aryl methyl sites for hydroxylation is 2. The predicted octanol–water partition coefficient (Wildman–Crippen LogP) is 3.39. The standard InChI is InChI=1S/C17H18N2O/c1-12-7-13(2)9-14(8-12)17(20)10-19-11-18-15-5-3-4-6-16(15)19/h3-9,11,17,20H,10H2,1-2H3. The van der Waals surface area contributed by atoms with Gasteiger partial charge in [-0.15, -0.1) is 0 Å². The van der Waals surface area contributed by atoms with Crippen LogP contribution in [0.15, 0.2) is 48.8 Å². The summed E-state index contributed by atoms with van der Waals surface area (Å²) in [6.45, 7) is 4.62. The Morgan fingerprint density at radius 1 is 1.10 bits per heavy atom. The minimum atomic E-state index is -0.522. The summed E-state index contributed by atoms with van der Waals surface area (Å²) in [5.41, 5.74) is 5.32. The van der Waals surface area contributed by atoms with Gasteiger partial charge in [0.15, 0.2) is 0 Å². The molecule has 3 nitrogen and oxygen atoms in total. The van der Waals surface area contributed by atoms with E-state index in [1.54, 1.807) is 6.33 Å². The van der Waals surface area contributed by atoms with Crippen LogP contribution < -0.4 is 0 Å². The molecule has 0 amide bonds. The lowest BCUT2D eigenvalue weighted by Crippen LogP contribution is -2.08. The van der Waals surface area contributed by atoms with Gasteiger partial charge in [-0.25, -0.2) is 4.98 Å². The lowest BCUT2D eigenvalue weighted by molar-refractivity contribution is 0.158. The van der Waals surface area contributed by atoms with Gasteiger partial charge in [-0.1, -0.05) is 41.5 Å². The third kappa shape index (κ3) is 2.45. The smallest absolute Gasteiger partial charge is 0.0969 e. The highest BCUT2D eigenvalue weighted by molar-refractivity contribution is 5.74. The second-order valence-corrected chi connectivity index (χ2v) is 5.32. The molecule has 1 atom stereocenters. The zero-order chi connectivity index (χ0) is 14.1. The average Bonchev–Trinajstić information content (AvgIpc) is 2.81. The van der Waals surface area contributed by atoms with Crippen molar-refractivity contribution in [1.82, 2.24) is 9.55 Å². The molecule has 0 bridgehead atoms. The minimum absolute atomic E-state index is 0.517. The van der Waals surface area contributed by atoms with Crippen LogP contribution in [0, 0.1) is 13.8 Å². The maximum Gasteiger partial charge on any atom is 0.0969 e. The molecule has 2 aromatic carbocycles. The Bertz CT molecular complexity index is 725.